The van der Waals surface area contributed by atoms with Crippen LogP contribution in [0.25, 0.3) is 0 Å². The molecule has 1 N–H and O–H groups in total. The Morgan fingerprint density at radius 1 is 1.28 bits per heavy atom. The third-order valence-corrected chi connectivity index (χ3v) is 3.01. The van der Waals surface area contributed by atoms with Gasteiger partial charge < -0.3 is 4.98 Å². The lowest BCUT2D eigenvalue weighted by Gasteiger charge is -2.04. The van der Waals surface area contributed by atoms with Crippen LogP contribution in [0.1, 0.15) is 11.1 Å². The molecule has 18 heavy (non-hydrogen) atoms. The summed E-state index contributed by atoms with van der Waals surface area (Å²) >= 11 is 3.07. The van der Waals surface area contributed by atoms with Gasteiger partial charge >= 0.3 is 5.69 Å². The lowest BCUT2D eigenvalue weighted by Crippen LogP contribution is -2.35. The molecule has 6 heteroatoms. The van der Waals surface area contributed by atoms with E-state index in [0.29, 0.717) is 10.0 Å². The van der Waals surface area contributed by atoms with E-state index in [-0.39, 0.29) is 12.1 Å². The second-order valence-corrected chi connectivity index (χ2v) is 4.50. The van der Waals surface area contributed by atoms with Crippen molar-refractivity contribution in [3.63, 3.8) is 0 Å². The lowest BCUT2D eigenvalue weighted by molar-refractivity contribution is 0.694. The van der Waals surface area contributed by atoms with E-state index in [9.17, 15) is 9.59 Å². The van der Waals surface area contributed by atoms with Crippen molar-refractivity contribution in [1.82, 2.24) is 9.55 Å². The molecule has 2 aromatic rings. The number of hydrogen-bond acceptors (Lipinski definition) is 3. The molecule has 1 aromatic heterocycles. The molecule has 0 spiro atoms. The van der Waals surface area contributed by atoms with E-state index < -0.39 is 5.69 Å². The monoisotopic (exact) mass is 305 g/mol. The molecule has 0 fully saturated rings. The Bertz CT molecular complexity index is 723. The number of rotatable bonds is 2. The summed E-state index contributed by atoms with van der Waals surface area (Å²) in [6, 6.07) is 8.72. The topological polar surface area (TPSA) is 78.7 Å². The Kier molecular flexibility index (Phi) is 3.44. The number of nitrogens with one attached hydrogen (secondary N) is 1. The highest BCUT2D eigenvalue weighted by Gasteiger charge is 2.05. The van der Waals surface area contributed by atoms with Crippen LogP contribution in [-0.4, -0.2) is 9.55 Å². The van der Waals surface area contributed by atoms with Crippen LogP contribution in [0.2, 0.25) is 0 Å². The summed E-state index contributed by atoms with van der Waals surface area (Å²) in [4.78, 5) is 25.8. The zero-order valence-corrected chi connectivity index (χ0v) is 10.8. The van der Waals surface area contributed by atoms with Gasteiger partial charge in [-0.3, -0.25) is 9.36 Å². The van der Waals surface area contributed by atoms with E-state index in [1.807, 2.05) is 6.07 Å². The highest BCUT2D eigenvalue weighted by atomic mass is 79.9. The van der Waals surface area contributed by atoms with Gasteiger partial charge in [0.25, 0.3) is 5.56 Å². The number of halogens is 1. The quantitative estimate of drug-likeness (QED) is 0.906. The predicted octanol–water partition coefficient (Wildman–Crippen LogP) is 1.22. The summed E-state index contributed by atoms with van der Waals surface area (Å²) in [5.74, 6) is 0. The van der Waals surface area contributed by atoms with E-state index in [4.69, 9.17) is 5.26 Å². The van der Waals surface area contributed by atoms with Crippen molar-refractivity contribution < 1.29 is 0 Å². The van der Waals surface area contributed by atoms with E-state index in [0.717, 1.165) is 10.1 Å². The van der Waals surface area contributed by atoms with Gasteiger partial charge in [-0.2, -0.15) is 5.26 Å². The average Bonchev–Trinajstić information content (AvgIpc) is 2.40. The van der Waals surface area contributed by atoms with Crippen LogP contribution in [0, 0.1) is 11.3 Å². The van der Waals surface area contributed by atoms with Crippen molar-refractivity contribution in [2.24, 2.45) is 0 Å². The summed E-state index contributed by atoms with van der Waals surface area (Å²) in [7, 11) is 0. The van der Waals surface area contributed by atoms with Gasteiger partial charge in [-0.15, -0.1) is 0 Å². The number of nitriles is 1. The van der Waals surface area contributed by atoms with E-state index in [1.165, 1.54) is 6.20 Å². The molecular formula is C12H8BrN3O2. The van der Waals surface area contributed by atoms with Crippen LogP contribution in [0.15, 0.2) is 44.5 Å². The largest absolute Gasteiger partial charge is 0.328 e. The third-order valence-electron chi connectivity index (χ3n) is 2.44. The number of aromatic amines is 1. The predicted molar refractivity (Wildman–Crippen MR) is 69.3 cm³/mol. The smallest absolute Gasteiger partial charge is 0.313 e. The van der Waals surface area contributed by atoms with Gasteiger partial charge in [0.2, 0.25) is 0 Å². The Labute approximate surface area is 110 Å². The van der Waals surface area contributed by atoms with Gasteiger partial charge in [-0.25, -0.2) is 4.79 Å². The van der Waals surface area contributed by atoms with Gasteiger partial charge in [0.1, 0.15) is 0 Å². The van der Waals surface area contributed by atoms with E-state index in [1.54, 1.807) is 24.3 Å². The SMILES string of the molecule is N#Cc1ccc(Cn2c(=O)[nH]cc(Br)c2=O)cc1. The second kappa shape index (κ2) is 5.02. The van der Waals surface area contributed by atoms with Crippen molar-refractivity contribution >= 4 is 15.9 Å². The molecule has 1 heterocycles. The van der Waals surface area contributed by atoms with E-state index >= 15 is 0 Å². The highest BCUT2D eigenvalue weighted by molar-refractivity contribution is 9.10. The second-order valence-electron chi connectivity index (χ2n) is 3.64. The summed E-state index contributed by atoms with van der Waals surface area (Å²) in [6.07, 6.45) is 1.32. The lowest BCUT2D eigenvalue weighted by atomic mass is 10.1. The molecule has 0 saturated heterocycles. The van der Waals surface area contributed by atoms with Gasteiger partial charge in [0.15, 0.2) is 0 Å². The van der Waals surface area contributed by atoms with Gasteiger partial charge in [0, 0.05) is 6.20 Å². The Morgan fingerprint density at radius 3 is 2.56 bits per heavy atom. The minimum Gasteiger partial charge on any atom is -0.313 e. The van der Waals surface area contributed by atoms with Gasteiger partial charge in [0.05, 0.1) is 22.7 Å². The molecule has 0 aliphatic rings. The number of benzene rings is 1. The molecule has 0 saturated carbocycles. The van der Waals surface area contributed by atoms with E-state index in [2.05, 4.69) is 20.9 Å². The Morgan fingerprint density at radius 2 is 1.94 bits per heavy atom. The molecule has 0 radical (unpaired) electrons. The summed E-state index contributed by atoms with van der Waals surface area (Å²) < 4.78 is 1.39. The van der Waals surface area contributed by atoms with Crippen LogP contribution in [0.4, 0.5) is 0 Å². The zero-order chi connectivity index (χ0) is 13.1. The summed E-state index contributed by atoms with van der Waals surface area (Å²) in [6.45, 7) is 0.166. The van der Waals surface area contributed by atoms with Crippen LogP contribution in [-0.2, 0) is 6.54 Å². The van der Waals surface area contributed by atoms with Crippen LogP contribution in [0.3, 0.4) is 0 Å². The molecule has 5 nitrogen and oxygen atoms in total. The Balaban J connectivity index is 2.40. The van der Waals surface area contributed by atoms with Crippen molar-refractivity contribution in [2.75, 3.05) is 0 Å². The molecule has 0 bridgehead atoms. The first-order valence-electron chi connectivity index (χ1n) is 5.09. The number of H-pyrrole nitrogens is 1. The van der Waals surface area contributed by atoms with Gasteiger partial charge in [-0.05, 0) is 33.6 Å². The fraction of sp³-hybridized carbons (Fsp3) is 0.0833. The minimum atomic E-state index is -0.465. The maximum Gasteiger partial charge on any atom is 0.328 e. The van der Waals surface area contributed by atoms with Crippen molar-refractivity contribution in [3.05, 3.63) is 66.9 Å². The molecule has 0 aliphatic carbocycles. The molecule has 2 rings (SSSR count). The fourth-order valence-electron chi connectivity index (χ4n) is 1.50. The maximum atomic E-state index is 11.8. The van der Waals surface area contributed by atoms with Crippen LogP contribution in [0.5, 0.6) is 0 Å². The van der Waals surface area contributed by atoms with Crippen molar-refractivity contribution in [3.8, 4) is 6.07 Å². The van der Waals surface area contributed by atoms with Crippen molar-refractivity contribution in [1.29, 1.82) is 5.26 Å². The first kappa shape index (κ1) is 12.3. The zero-order valence-electron chi connectivity index (χ0n) is 9.18. The summed E-state index contributed by atoms with van der Waals surface area (Å²) in [5.41, 5.74) is 0.463. The van der Waals surface area contributed by atoms with Crippen LogP contribution < -0.4 is 11.2 Å². The molecule has 0 aliphatic heterocycles. The average molecular weight is 306 g/mol. The normalized spacial score (nSPS) is 10.0. The fourth-order valence-corrected chi connectivity index (χ4v) is 1.83. The maximum absolute atomic E-state index is 11.8. The molecule has 90 valence electrons. The summed E-state index contributed by atoms with van der Waals surface area (Å²) in [5, 5.41) is 8.68. The number of aromatic nitrogens is 2. The molecule has 0 amide bonds. The third kappa shape index (κ3) is 2.41. The van der Waals surface area contributed by atoms with Crippen molar-refractivity contribution in [2.45, 2.75) is 6.54 Å². The number of hydrogen-bond donors (Lipinski definition) is 1. The Hall–Kier alpha value is -2.13. The first-order valence-corrected chi connectivity index (χ1v) is 5.88. The van der Waals surface area contributed by atoms with Crippen LogP contribution >= 0.6 is 15.9 Å². The number of nitrogens with zero attached hydrogens (tertiary/aromatic N) is 2. The molecule has 0 unspecified atom stereocenters. The molecular weight excluding hydrogens is 298 g/mol. The van der Waals surface area contributed by atoms with Gasteiger partial charge in [-0.1, -0.05) is 12.1 Å². The minimum absolute atomic E-state index is 0.166. The standard InChI is InChI=1S/C12H8BrN3O2/c13-10-6-15-12(18)16(11(10)17)7-9-3-1-8(5-14)2-4-9/h1-4,6H,7H2,(H,15,18). The highest BCUT2D eigenvalue weighted by Crippen LogP contribution is 2.04. The molecule has 1 aromatic carbocycles. The molecule has 0 atom stereocenters. The first-order chi connectivity index (χ1) is 8.61.